The molecule has 0 aliphatic carbocycles. The Morgan fingerprint density at radius 3 is 2.55 bits per heavy atom. The highest BCUT2D eigenvalue weighted by molar-refractivity contribution is 7.99. The Morgan fingerprint density at radius 1 is 1.03 bits per heavy atom. The summed E-state index contributed by atoms with van der Waals surface area (Å²) in [6.07, 6.45) is 0. The Morgan fingerprint density at radius 2 is 1.82 bits per heavy atom. The minimum Gasteiger partial charge on any atom is -0.507 e. The number of amides is 1. The van der Waals surface area contributed by atoms with E-state index in [0.717, 1.165) is 22.4 Å². The molecule has 0 atom stereocenters. The number of thioether (sulfide) groups is 1. The Balaban J connectivity index is 1.64. The minimum atomic E-state index is -0.181. The van der Waals surface area contributed by atoms with E-state index in [2.05, 4.69) is 21.6 Å². The molecule has 1 amide bonds. The van der Waals surface area contributed by atoms with Crippen molar-refractivity contribution in [2.45, 2.75) is 25.9 Å². The van der Waals surface area contributed by atoms with Gasteiger partial charge in [-0.1, -0.05) is 59.3 Å². The number of benzene rings is 3. The Kier molecular flexibility index (Phi) is 6.72. The highest BCUT2D eigenvalue weighted by Gasteiger charge is 2.20. The van der Waals surface area contributed by atoms with Crippen molar-refractivity contribution in [3.8, 4) is 22.8 Å². The van der Waals surface area contributed by atoms with E-state index in [-0.39, 0.29) is 17.4 Å². The first kappa shape index (κ1) is 22.9. The zero-order chi connectivity index (χ0) is 23.5. The van der Waals surface area contributed by atoms with Crippen LogP contribution in [0.1, 0.15) is 16.7 Å². The van der Waals surface area contributed by atoms with Gasteiger partial charge >= 0.3 is 0 Å². The van der Waals surface area contributed by atoms with Crippen molar-refractivity contribution < 1.29 is 9.90 Å². The maximum absolute atomic E-state index is 12.6. The van der Waals surface area contributed by atoms with E-state index in [9.17, 15) is 9.90 Å². The van der Waals surface area contributed by atoms with Gasteiger partial charge in [0.2, 0.25) is 5.91 Å². The number of rotatable bonds is 6. The van der Waals surface area contributed by atoms with Crippen LogP contribution < -0.4 is 5.32 Å². The second-order valence-corrected chi connectivity index (χ2v) is 9.10. The number of hydrogen-bond donors (Lipinski definition) is 2. The molecule has 0 bridgehead atoms. The van der Waals surface area contributed by atoms with Crippen LogP contribution >= 0.6 is 23.4 Å². The van der Waals surface area contributed by atoms with Crippen LogP contribution in [0.25, 0.3) is 17.1 Å². The lowest BCUT2D eigenvalue weighted by Crippen LogP contribution is -2.14. The van der Waals surface area contributed by atoms with Crippen molar-refractivity contribution in [3.05, 3.63) is 82.4 Å². The molecule has 2 N–H and O–H groups in total. The minimum absolute atomic E-state index is 0.112. The largest absolute Gasteiger partial charge is 0.507 e. The van der Waals surface area contributed by atoms with Gasteiger partial charge in [0.15, 0.2) is 11.0 Å². The number of aryl methyl sites for hydroxylation is 3. The normalized spacial score (nSPS) is 10.9. The second kappa shape index (κ2) is 9.68. The molecule has 0 spiro atoms. The van der Waals surface area contributed by atoms with E-state index in [4.69, 9.17) is 11.6 Å². The number of aromatic nitrogens is 3. The number of phenolic OH excluding ortho intramolecular Hbond substituents is 1. The molecule has 4 aromatic rings. The molecule has 1 heterocycles. The molecule has 0 radical (unpaired) electrons. The van der Waals surface area contributed by atoms with Gasteiger partial charge in [-0.05, 0) is 62.2 Å². The number of nitrogens with zero attached hydrogens (tertiary/aromatic N) is 3. The zero-order valence-electron chi connectivity index (χ0n) is 18.5. The van der Waals surface area contributed by atoms with Gasteiger partial charge in [0.1, 0.15) is 5.75 Å². The van der Waals surface area contributed by atoms with Gasteiger partial charge in [-0.2, -0.15) is 0 Å². The predicted octanol–water partition coefficient (Wildman–Crippen LogP) is 5.95. The average Bonchev–Trinajstić information content (AvgIpc) is 3.18. The van der Waals surface area contributed by atoms with E-state index < -0.39 is 0 Å². The molecule has 3 aromatic carbocycles. The molecule has 0 saturated heterocycles. The molecule has 0 saturated carbocycles. The first-order valence-electron chi connectivity index (χ1n) is 10.3. The Bertz CT molecular complexity index is 1340. The third-order valence-electron chi connectivity index (χ3n) is 5.16. The summed E-state index contributed by atoms with van der Waals surface area (Å²) in [4.78, 5) is 12.6. The fourth-order valence-electron chi connectivity index (χ4n) is 3.47. The van der Waals surface area contributed by atoms with Crippen LogP contribution in [0.4, 0.5) is 5.69 Å². The number of aromatic hydroxyl groups is 1. The molecule has 1 aromatic heterocycles. The van der Waals surface area contributed by atoms with E-state index in [1.807, 2.05) is 55.7 Å². The Labute approximate surface area is 201 Å². The summed E-state index contributed by atoms with van der Waals surface area (Å²) in [6, 6.07) is 18.5. The van der Waals surface area contributed by atoms with Crippen LogP contribution in [0.3, 0.4) is 0 Å². The number of hydrogen-bond acceptors (Lipinski definition) is 5. The maximum atomic E-state index is 12.6. The monoisotopic (exact) mass is 478 g/mol. The lowest BCUT2D eigenvalue weighted by Gasteiger charge is -2.14. The highest BCUT2D eigenvalue weighted by Crippen LogP contribution is 2.33. The van der Waals surface area contributed by atoms with Gasteiger partial charge in [0.05, 0.1) is 17.0 Å². The number of para-hydroxylation sites is 1. The molecular formula is C25H23ClN4O2S. The van der Waals surface area contributed by atoms with E-state index >= 15 is 0 Å². The summed E-state index contributed by atoms with van der Waals surface area (Å²) < 4.78 is 1.88. The number of anilines is 1. The van der Waals surface area contributed by atoms with Crippen LogP contribution in [0.5, 0.6) is 5.75 Å². The molecule has 6 nitrogen and oxygen atoms in total. The first-order chi connectivity index (χ1) is 15.8. The van der Waals surface area contributed by atoms with Crippen molar-refractivity contribution in [3.63, 3.8) is 0 Å². The number of carbonyl (C=O) groups excluding carboxylic acids is 1. The maximum Gasteiger partial charge on any atom is 0.234 e. The summed E-state index contributed by atoms with van der Waals surface area (Å²) in [5.41, 5.74) is 5.21. The zero-order valence-corrected chi connectivity index (χ0v) is 20.0. The molecule has 168 valence electrons. The lowest BCUT2D eigenvalue weighted by molar-refractivity contribution is -0.113. The van der Waals surface area contributed by atoms with E-state index in [1.54, 1.807) is 24.3 Å². The molecule has 33 heavy (non-hydrogen) atoms. The number of halogens is 1. The van der Waals surface area contributed by atoms with Crippen LogP contribution in [-0.4, -0.2) is 31.5 Å². The standard InChI is InChI=1S/C25H23ClN4O2S/c1-15-8-11-21(17(3)12-15)30-24(19-6-4-5-7-22(19)31)28-29-25(30)33-14-23(32)27-18-10-9-16(2)20(26)13-18/h4-13,31H,14H2,1-3H3,(H,27,32). The number of nitrogens with one attached hydrogen (secondary N) is 1. The summed E-state index contributed by atoms with van der Waals surface area (Å²) in [6.45, 7) is 5.95. The van der Waals surface area contributed by atoms with Gasteiger partial charge in [-0.15, -0.1) is 10.2 Å². The van der Waals surface area contributed by atoms with Crippen molar-refractivity contribution in [1.29, 1.82) is 0 Å². The fraction of sp³-hybridized carbons (Fsp3) is 0.160. The van der Waals surface area contributed by atoms with Crippen molar-refractivity contribution >= 4 is 35.0 Å². The first-order valence-corrected chi connectivity index (χ1v) is 11.7. The van der Waals surface area contributed by atoms with E-state index in [1.165, 1.54) is 11.8 Å². The topological polar surface area (TPSA) is 80.0 Å². The Hall–Kier alpha value is -3.29. The molecular weight excluding hydrogens is 456 g/mol. The predicted molar refractivity (Wildman–Crippen MR) is 133 cm³/mol. The van der Waals surface area contributed by atoms with Gasteiger partial charge in [-0.3, -0.25) is 9.36 Å². The van der Waals surface area contributed by atoms with Gasteiger partial charge in [-0.25, -0.2) is 0 Å². The number of carbonyl (C=O) groups is 1. The molecule has 8 heteroatoms. The van der Waals surface area contributed by atoms with Crippen LogP contribution in [0, 0.1) is 20.8 Å². The second-order valence-electron chi connectivity index (χ2n) is 7.75. The van der Waals surface area contributed by atoms with Crippen molar-refractivity contribution in [1.82, 2.24) is 14.8 Å². The quantitative estimate of drug-likeness (QED) is 0.335. The smallest absolute Gasteiger partial charge is 0.234 e. The molecule has 0 unspecified atom stereocenters. The molecule has 4 rings (SSSR count). The third-order valence-corrected chi connectivity index (χ3v) is 6.50. The summed E-state index contributed by atoms with van der Waals surface area (Å²) in [7, 11) is 0. The molecule has 0 aliphatic rings. The fourth-order valence-corrected chi connectivity index (χ4v) is 4.40. The third kappa shape index (κ3) is 5.05. The van der Waals surface area contributed by atoms with Crippen molar-refractivity contribution in [2.75, 3.05) is 11.1 Å². The molecule has 0 fully saturated rings. The SMILES string of the molecule is Cc1ccc(-n2c(SCC(=O)Nc3ccc(C)c(Cl)c3)nnc2-c2ccccc2O)c(C)c1. The number of phenols is 1. The van der Waals surface area contributed by atoms with Crippen molar-refractivity contribution in [2.24, 2.45) is 0 Å². The average molecular weight is 479 g/mol. The lowest BCUT2D eigenvalue weighted by atomic mass is 10.1. The van der Waals surface area contributed by atoms with E-state index in [0.29, 0.717) is 27.3 Å². The summed E-state index contributed by atoms with van der Waals surface area (Å²) in [5.74, 6) is 0.573. The highest BCUT2D eigenvalue weighted by atomic mass is 35.5. The van der Waals surface area contributed by atoms with Crippen LogP contribution in [-0.2, 0) is 4.79 Å². The summed E-state index contributed by atoms with van der Waals surface area (Å²) in [5, 5.41) is 23.1. The molecule has 0 aliphatic heterocycles. The van der Waals surface area contributed by atoms with Gasteiger partial charge in [0.25, 0.3) is 0 Å². The summed E-state index contributed by atoms with van der Waals surface area (Å²) >= 11 is 7.43. The van der Waals surface area contributed by atoms with Crippen LogP contribution in [0.15, 0.2) is 65.8 Å². The van der Waals surface area contributed by atoms with Crippen LogP contribution in [0.2, 0.25) is 5.02 Å². The van der Waals surface area contributed by atoms with Gasteiger partial charge in [0, 0.05) is 10.7 Å². The van der Waals surface area contributed by atoms with Gasteiger partial charge < -0.3 is 10.4 Å².